The van der Waals surface area contributed by atoms with Gasteiger partial charge in [-0.05, 0) is 56.2 Å². The van der Waals surface area contributed by atoms with E-state index in [4.69, 9.17) is 10.5 Å². The van der Waals surface area contributed by atoms with Gasteiger partial charge in [-0.2, -0.15) is 10.4 Å². The van der Waals surface area contributed by atoms with Gasteiger partial charge < -0.3 is 21.1 Å². The number of aromatic nitrogens is 2. The van der Waals surface area contributed by atoms with E-state index in [9.17, 15) is 9.65 Å². The number of nitrogens with one attached hydrogen (secondary N) is 2. The number of rotatable bonds is 9. The fourth-order valence-electron chi connectivity index (χ4n) is 3.21. The average molecular weight is 577 g/mol. The number of aliphatic imine (C=N–C) groups is 1. The van der Waals surface area contributed by atoms with Crippen LogP contribution < -0.4 is 21.1 Å². The van der Waals surface area contributed by atoms with E-state index in [0.29, 0.717) is 49.0 Å². The van der Waals surface area contributed by atoms with Crippen molar-refractivity contribution in [1.82, 2.24) is 20.4 Å². The molecule has 34 heavy (non-hydrogen) atoms. The molecule has 4 N–H and O–H groups in total. The first-order valence-electron chi connectivity index (χ1n) is 10.7. The van der Waals surface area contributed by atoms with Crippen LogP contribution in [0, 0.1) is 24.1 Å². The van der Waals surface area contributed by atoms with E-state index < -0.39 is 0 Å². The Kier molecular flexibility index (Phi) is 10.6. The number of benzene rings is 2. The van der Waals surface area contributed by atoms with Crippen molar-refractivity contribution in [3.05, 3.63) is 71.2 Å². The van der Waals surface area contributed by atoms with Crippen LogP contribution in [0.5, 0.6) is 5.75 Å². The largest absolute Gasteiger partial charge is 0.492 e. The molecule has 3 aromatic rings. The van der Waals surface area contributed by atoms with Gasteiger partial charge in [0, 0.05) is 13.6 Å². The molecule has 0 saturated carbocycles. The highest BCUT2D eigenvalue weighted by Crippen LogP contribution is 2.21. The molecule has 0 bridgehead atoms. The van der Waals surface area contributed by atoms with Crippen LogP contribution in [0.2, 0.25) is 0 Å². The molecular formula is C24H29FIN7O. The van der Waals surface area contributed by atoms with Gasteiger partial charge in [-0.1, -0.05) is 17.7 Å². The van der Waals surface area contributed by atoms with Gasteiger partial charge in [0.2, 0.25) is 0 Å². The van der Waals surface area contributed by atoms with Crippen LogP contribution in [0.1, 0.15) is 23.2 Å². The average Bonchev–Trinajstić information content (AvgIpc) is 3.14. The molecule has 3 rings (SSSR count). The summed E-state index contributed by atoms with van der Waals surface area (Å²) in [7, 11) is 1.70. The normalized spacial score (nSPS) is 10.8. The molecule has 0 radical (unpaired) electrons. The summed E-state index contributed by atoms with van der Waals surface area (Å²) in [5.74, 6) is 1.40. The number of aryl methyl sites for hydroxylation is 2. The van der Waals surface area contributed by atoms with Crippen LogP contribution in [0.4, 0.5) is 10.2 Å². The maximum absolute atomic E-state index is 13.2. The number of nitrogen functional groups attached to an aromatic ring is 1. The fourth-order valence-corrected chi connectivity index (χ4v) is 3.21. The summed E-state index contributed by atoms with van der Waals surface area (Å²) in [5, 5.41) is 20.4. The zero-order valence-electron chi connectivity index (χ0n) is 19.2. The lowest BCUT2D eigenvalue weighted by Crippen LogP contribution is -2.39. The SMILES string of the molecule is CN=C(NCCCc1nn(-c2ccc(F)cc2)c(N)c1C#N)NCCOc1ccc(C)cc1.I. The Morgan fingerprint density at radius 3 is 2.47 bits per heavy atom. The van der Waals surface area contributed by atoms with Gasteiger partial charge in [-0.3, -0.25) is 4.99 Å². The Balaban J connectivity index is 0.00000408. The van der Waals surface area contributed by atoms with Crippen molar-refractivity contribution in [1.29, 1.82) is 5.26 Å². The third-order valence-corrected chi connectivity index (χ3v) is 4.97. The van der Waals surface area contributed by atoms with E-state index in [1.54, 1.807) is 19.2 Å². The molecular weight excluding hydrogens is 548 g/mol. The van der Waals surface area contributed by atoms with Crippen molar-refractivity contribution in [3.8, 4) is 17.5 Å². The zero-order chi connectivity index (χ0) is 23.6. The summed E-state index contributed by atoms with van der Waals surface area (Å²) in [6.07, 6.45) is 1.27. The number of nitriles is 1. The van der Waals surface area contributed by atoms with Crippen LogP contribution in [-0.4, -0.2) is 42.5 Å². The van der Waals surface area contributed by atoms with E-state index in [0.717, 1.165) is 12.2 Å². The smallest absolute Gasteiger partial charge is 0.191 e. The lowest BCUT2D eigenvalue weighted by molar-refractivity contribution is 0.322. The number of hydrogen-bond acceptors (Lipinski definition) is 5. The summed E-state index contributed by atoms with van der Waals surface area (Å²) >= 11 is 0. The first-order valence-corrected chi connectivity index (χ1v) is 10.7. The fraction of sp³-hybridized carbons (Fsp3) is 0.292. The molecule has 8 nitrogen and oxygen atoms in total. The van der Waals surface area contributed by atoms with E-state index in [2.05, 4.69) is 26.8 Å². The number of anilines is 1. The van der Waals surface area contributed by atoms with Gasteiger partial charge in [0.1, 0.15) is 35.6 Å². The highest BCUT2D eigenvalue weighted by molar-refractivity contribution is 14.0. The highest BCUT2D eigenvalue weighted by atomic mass is 127. The molecule has 1 aromatic heterocycles. The van der Waals surface area contributed by atoms with Gasteiger partial charge in [-0.15, -0.1) is 24.0 Å². The van der Waals surface area contributed by atoms with Crippen LogP contribution in [0.15, 0.2) is 53.5 Å². The van der Waals surface area contributed by atoms with Crippen molar-refractivity contribution in [2.45, 2.75) is 19.8 Å². The molecule has 0 aliphatic heterocycles. The van der Waals surface area contributed by atoms with Gasteiger partial charge >= 0.3 is 0 Å². The first-order chi connectivity index (χ1) is 16.0. The number of nitrogens with two attached hydrogens (primary N) is 1. The highest BCUT2D eigenvalue weighted by Gasteiger charge is 2.16. The Hall–Kier alpha value is -3.33. The predicted octanol–water partition coefficient (Wildman–Crippen LogP) is 3.57. The first kappa shape index (κ1) is 26.9. The van der Waals surface area contributed by atoms with Crippen LogP contribution in [0.3, 0.4) is 0 Å². The molecule has 0 saturated heterocycles. The second-order valence-corrected chi connectivity index (χ2v) is 7.40. The third kappa shape index (κ3) is 7.34. The van der Waals surface area contributed by atoms with E-state index >= 15 is 0 Å². The second-order valence-electron chi connectivity index (χ2n) is 7.40. The Morgan fingerprint density at radius 2 is 1.82 bits per heavy atom. The van der Waals surface area contributed by atoms with E-state index in [1.165, 1.54) is 22.4 Å². The van der Waals surface area contributed by atoms with Crippen LogP contribution in [0.25, 0.3) is 5.69 Å². The quantitative estimate of drug-likeness (QED) is 0.155. The molecule has 0 fully saturated rings. The molecule has 0 spiro atoms. The number of hydrogen-bond donors (Lipinski definition) is 3. The minimum Gasteiger partial charge on any atom is -0.492 e. The van der Waals surface area contributed by atoms with Crippen molar-refractivity contribution in [2.75, 3.05) is 32.5 Å². The summed E-state index contributed by atoms with van der Waals surface area (Å²) in [6, 6.07) is 15.8. The molecule has 2 aromatic carbocycles. The maximum Gasteiger partial charge on any atom is 0.191 e. The monoisotopic (exact) mass is 577 g/mol. The Morgan fingerprint density at radius 1 is 1.15 bits per heavy atom. The third-order valence-electron chi connectivity index (χ3n) is 4.97. The second kappa shape index (κ2) is 13.4. The predicted molar refractivity (Wildman–Crippen MR) is 142 cm³/mol. The summed E-state index contributed by atoms with van der Waals surface area (Å²) < 4.78 is 20.4. The molecule has 0 aliphatic rings. The molecule has 1 heterocycles. The molecule has 0 unspecified atom stereocenters. The summed E-state index contributed by atoms with van der Waals surface area (Å²) in [5.41, 5.74) is 8.85. The van der Waals surface area contributed by atoms with E-state index in [-0.39, 0.29) is 35.6 Å². The van der Waals surface area contributed by atoms with Crippen LogP contribution >= 0.6 is 24.0 Å². The topological polar surface area (TPSA) is 113 Å². The van der Waals surface area contributed by atoms with Crippen molar-refractivity contribution < 1.29 is 9.13 Å². The van der Waals surface area contributed by atoms with E-state index in [1.807, 2.05) is 31.2 Å². The number of halogens is 2. The summed E-state index contributed by atoms with van der Waals surface area (Å²) in [4.78, 5) is 4.20. The molecule has 0 aliphatic carbocycles. The molecule has 0 amide bonds. The number of ether oxygens (including phenoxy) is 1. The van der Waals surface area contributed by atoms with Crippen molar-refractivity contribution >= 4 is 35.8 Å². The van der Waals surface area contributed by atoms with Gasteiger partial charge in [-0.25, -0.2) is 9.07 Å². The van der Waals surface area contributed by atoms with Gasteiger partial charge in [0.15, 0.2) is 5.96 Å². The van der Waals surface area contributed by atoms with Gasteiger partial charge in [0.25, 0.3) is 0 Å². The minimum absolute atomic E-state index is 0. The number of nitrogens with zero attached hydrogens (tertiary/aromatic N) is 4. The Labute approximate surface area is 216 Å². The maximum atomic E-state index is 13.2. The van der Waals surface area contributed by atoms with Gasteiger partial charge in [0.05, 0.1) is 17.9 Å². The molecule has 0 atom stereocenters. The van der Waals surface area contributed by atoms with Crippen molar-refractivity contribution in [3.63, 3.8) is 0 Å². The molecule has 10 heteroatoms. The standard InChI is InChI=1S/C24H28FN7O.HI/c1-17-5-11-20(12-6-17)33-15-14-30-24(28-2)29-13-3-4-22-21(16-26)23(27)32(31-22)19-9-7-18(25)8-10-19;/h5-12H,3-4,13-15,27H2,1-2H3,(H2,28,29,30);1H. The number of guanidine groups is 1. The Bertz CT molecular complexity index is 1120. The molecule has 180 valence electrons. The zero-order valence-corrected chi connectivity index (χ0v) is 21.5. The van der Waals surface area contributed by atoms with Crippen LogP contribution in [-0.2, 0) is 6.42 Å². The summed E-state index contributed by atoms with van der Waals surface area (Å²) in [6.45, 7) is 3.78. The van der Waals surface area contributed by atoms with Crippen molar-refractivity contribution in [2.24, 2.45) is 4.99 Å². The lowest BCUT2D eigenvalue weighted by Gasteiger charge is -2.12. The minimum atomic E-state index is -0.347. The lowest BCUT2D eigenvalue weighted by atomic mass is 10.1.